The van der Waals surface area contributed by atoms with Gasteiger partial charge in [0.15, 0.2) is 0 Å². The first-order chi connectivity index (χ1) is 13.4. The summed E-state index contributed by atoms with van der Waals surface area (Å²) in [7, 11) is 1.28. The van der Waals surface area contributed by atoms with Crippen LogP contribution in [-0.2, 0) is 22.5 Å². The molecule has 5 heteroatoms. The standard InChI is InChI=1S/C23H28O5/c1-16(12-13-27-23(25)26-4)10-11-20-18(3)22(17(2)14-21(20)24)28-15-19-8-6-5-7-9-19/h5-9,12,14,24H,10-11,13,15H2,1-4H3/b16-12+. The van der Waals surface area contributed by atoms with E-state index in [9.17, 15) is 9.90 Å². The first kappa shape index (κ1) is 21.4. The van der Waals surface area contributed by atoms with Crippen molar-refractivity contribution in [3.63, 3.8) is 0 Å². The highest BCUT2D eigenvalue weighted by atomic mass is 16.7. The predicted molar refractivity (Wildman–Crippen MR) is 109 cm³/mol. The molecule has 0 amide bonds. The van der Waals surface area contributed by atoms with E-state index < -0.39 is 6.16 Å². The zero-order valence-corrected chi connectivity index (χ0v) is 17.0. The number of hydrogen-bond acceptors (Lipinski definition) is 5. The molecule has 0 fully saturated rings. The Morgan fingerprint density at radius 2 is 1.89 bits per heavy atom. The number of hydrogen-bond donors (Lipinski definition) is 1. The Balaban J connectivity index is 2.05. The predicted octanol–water partition coefficient (Wildman–Crippen LogP) is 5.25. The van der Waals surface area contributed by atoms with Gasteiger partial charge in [-0.15, -0.1) is 0 Å². The van der Waals surface area contributed by atoms with Gasteiger partial charge in [-0.2, -0.15) is 0 Å². The molecule has 0 spiro atoms. The number of allylic oxidation sites excluding steroid dienone is 1. The first-order valence-electron chi connectivity index (χ1n) is 9.27. The van der Waals surface area contributed by atoms with Crippen LogP contribution < -0.4 is 4.74 Å². The van der Waals surface area contributed by atoms with Crippen molar-refractivity contribution in [2.45, 2.75) is 40.2 Å². The number of benzene rings is 2. The van der Waals surface area contributed by atoms with Gasteiger partial charge in [-0.25, -0.2) is 4.79 Å². The van der Waals surface area contributed by atoms with Gasteiger partial charge in [-0.3, -0.25) is 0 Å². The van der Waals surface area contributed by atoms with E-state index in [2.05, 4.69) is 4.74 Å². The lowest BCUT2D eigenvalue weighted by Gasteiger charge is -2.17. The van der Waals surface area contributed by atoms with Crippen LogP contribution in [0.5, 0.6) is 11.5 Å². The second-order valence-electron chi connectivity index (χ2n) is 6.74. The summed E-state index contributed by atoms with van der Waals surface area (Å²) in [4.78, 5) is 11.0. The summed E-state index contributed by atoms with van der Waals surface area (Å²) in [5.41, 5.74) is 4.89. The van der Waals surface area contributed by atoms with Crippen LogP contribution in [0.15, 0.2) is 48.0 Å². The number of methoxy groups -OCH3 is 1. The van der Waals surface area contributed by atoms with Gasteiger partial charge >= 0.3 is 6.16 Å². The summed E-state index contributed by atoms with van der Waals surface area (Å²) < 4.78 is 15.4. The lowest BCUT2D eigenvalue weighted by atomic mass is 9.97. The lowest BCUT2D eigenvalue weighted by molar-refractivity contribution is 0.0816. The molecule has 0 bridgehead atoms. The van der Waals surface area contributed by atoms with E-state index in [1.807, 2.05) is 57.2 Å². The van der Waals surface area contributed by atoms with Gasteiger partial charge in [-0.05, 0) is 62.4 Å². The van der Waals surface area contributed by atoms with Crippen LogP contribution in [0.2, 0.25) is 0 Å². The third kappa shape index (κ3) is 6.05. The van der Waals surface area contributed by atoms with Gasteiger partial charge in [-0.1, -0.05) is 35.9 Å². The fourth-order valence-corrected chi connectivity index (χ4v) is 2.99. The maximum Gasteiger partial charge on any atom is 0.508 e. The summed E-state index contributed by atoms with van der Waals surface area (Å²) in [6.07, 6.45) is 2.54. The van der Waals surface area contributed by atoms with Gasteiger partial charge in [0, 0.05) is 5.56 Å². The Kier molecular flexibility index (Phi) is 7.93. The van der Waals surface area contributed by atoms with Crippen molar-refractivity contribution in [1.82, 2.24) is 0 Å². The summed E-state index contributed by atoms with van der Waals surface area (Å²) in [6.45, 7) is 6.53. The molecule has 28 heavy (non-hydrogen) atoms. The molecule has 0 unspecified atom stereocenters. The monoisotopic (exact) mass is 384 g/mol. The van der Waals surface area contributed by atoms with Crippen molar-refractivity contribution in [3.8, 4) is 11.5 Å². The minimum atomic E-state index is -0.698. The van der Waals surface area contributed by atoms with E-state index in [1.165, 1.54) is 7.11 Å². The summed E-state index contributed by atoms with van der Waals surface area (Å²) in [5, 5.41) is 10.4. The van der Waals surface area contributed by atoms with Crippen molar-refractivity contribution in [1.29, 1.82) is 0 Å². The molecule has 2 aromatic carbocycles. The molecule has 0 radical (unpaired) electrons. The molecule has 150 valence electrons. The van der Waals surface area contributed by atoms with Crippen LogP contribution in [0.3, 0.4) is 0 Å². The fraction of sp³-hybridized carbons (Fsp3) is 0.348. The SMILES string of the molecule is COC(=O)OC/C=C(\C)CCc1c(O)cc(C)c(OCc2ccccc2)c1C. The molecule has 0 atom stereocenters. The van der Waals surface area contributed by atoms with E-state index in [1.54, 1.807) is 6.07 Å². The molecule has 0 heterocycles. The first-order valence-corrected chi connectivity index (χ1v) is 9.27. The van der Waals surface area contributed by atoms with Crippen LogP contribution in [0.4, 0.5) is 4.79 Å². The van der Waals surface area contributed by atoms with E-state index in [0.717, 1.165) is 40.0 Å². The molecule has 0 aliphatic heterocycles. The molecular weight excluding hydrogens is 356 g/mol. The van der Waals surface area contributed by atoms with Gasteiger partial charge in [0.2, 0.25) is 0 Å². The van der Waals surface area contributed by atoms with E-state index in [0.29, 0.717) is 13.0 Å². The number of carbonyl (C=O) groups excluding carboxylic acids is 1. The van der Waals surface area contributed by atoms with Gasteiger partial charge in [0.25, 0.3) is 0 Å². The largest absolute Gasteiger partial charge is 0.508 e. The Morgan fingerprint density at radius 1 is 1.18 bits per heavy atom. The number of ether oxygens (including phenoxy) is 3. The number of rotatable bonds is 8. The van der Waals surface area contributed by atoms with Gasteiger partial charge < -0.3 is 19.3 Å². The highest BCUT2D eigenvalue weighted by Gasteiger charge is 2.14. The third-order valence-corrected chi connectivity index (χ3v) is 4.61. The Bertz CT molecular complexity index is 825. The lowest BCUT2D eigenvalue weighted by Crippen LogP contribution is -2.04. The maximum absolute atomic E-state index is 11.0. The topological polar surface area (TPSA) is 65.0 Å². The summed E-state index contributed by atoms with van der Waals surface area (Å²) in [5.74, 6) is 1.09. The number of carbonyl (C=O) groups is 1. The van der Waals surface area contributed by atoms with Gasteiger partial charge in [0.05, 0.1) is 7.11 Å². The number of aryl methyl sites for hydroxylation is 1. The van der Waals surface area contributed by atoms with E-state index in [-0.39, 0.29) is 12.4 Å². The Hall–Kier alpha value is -2.95. The number of aromatic hydroxyl groups is 1. The molecule has 0 aliphatic carbocycles. The smallest absolute Gasteiger partial charge is 0.508 e. The van der Waals surface area contributed by atoms with Crippen LogP contribution in [0.25, 0.3) is 0 Å². The fourth-order valence-electron chi connectivity index (χ4n) is 2.99. The van der Waals surface area contributed by atoms with Gasteiger partial charge in [0.1, 0.15) is 24.7 Å². The van der Waals surface area contributed by atoms with Crippen molar-refractivity contribution >= 4 is 6.16 Å². The molecule has 0 aromatic heterocycles. The second-order valence-corrected chi connectivity index (χ2v) is 6.74. The molecule has 0 saturated carbocycles. The summed E-state index contributed by atoms with van der Waals surface area (Å²) >= 11 is 0. The Labute approximate surface area is 166 Å². The minimum absolute atomic E-state index is 0.169. The molecule has 5 nitrogen and oxygen atoms in total. The molecule has 2 rings (SSSR count). The van der Waals surface area contributed by atoms with Crippen molar-refractivity contribution in [2.24, 2.45) is 0 Å². The zero-order valence-electron chi connectivity index (χ0n) is 17.0. The van der Waals surface area contributed by atoms with E-state index in [4.69, 9.17) is 9.47 Å². The van der Waals surface area contributed by atoms with Crippen molar-refractivity contribution in [2.75, 3.05) is 13.7 Å². The average Bonchev–Trinajstić information content (AvgIpc) is 2.68. The molecule has 1 N–H and O–H groups in total. The van der Waals surface area contributed by atoms with Crippen LogP contribution >= 0.6 is 0 Å². The second kappa shape index (κ2) is 10.4. The van der Waals surface area contributed by atoms with E-state index >= 15 is 0 Å². The van der Waals surface area contributed by atoms with Crippen LogP contribution in [-0.4, -0.2) is 25.0 Å². The summed E-state index contributed by atoms with van der Waals surface area (Å²) in [6, 6.07) is 11.7. The number of phenols is 1. The highest BCUT2D eigenvalue weighted by molar-refractivity contribution is 5.59. The highest BCUT2D eigenvalue weighted by Crippen LogP contribution is 2.34. The molecule has 0 saturated heterocycles. The minimum Gasteiger partial charge on any atom is -0.508 e. The number of phenolic OH excluding ortho intramolecular Hbond substituents is 1. The average molecular weight is 384 g/mol. The maximum atomic E-state index is 11.0. The quantitative estimate of drug-likeness (QED) is 0.497. The van der Waals surface area contributed by atoms with Crippen molar-refractivity contribution in [3.05, 3.63) is 70.3 Å². The molecule has 0 aliphatic rings. The molecule has 2 aromatic rings. The Morgan fingerprint density at radius 3 is 2.57 bits per heavy atom. The molecular formula is C23H28O5. The van der Waals surface area contributed by atoms with Crippen molar-refractivity contribution < 1.29 is 24.1 Å². The zero-order chi connectivity index (χ0) is 20.5. The normalized spacial score (nSPS) is 11.2. The van der Waals surface area contributed by atoms with Crippen LogP contribution in [0, 0.1) is 13.8 Å². The van der Waals surface area contributed by atoms with Crippen LogP contribution in [0.1, 0.15) is 35.6 Å². The third-order valence-electron chi connectivity index (χ3n) is 4.61.